The van der Waals surface area contributed by atoms with Crippen molar-refractivity contribution >= 4 is 15.9 Å². The highest BCUT2D eigenvalue weighted by atomic mass is 79.9. The average molecular weight is 331 g/mol. The second-order valence-electron chi connectivity index (χ2n) is 5.64. The molecule has 0 saturated heterocycles. The fourth-order valence-corrected chi connectivity index (χ4v) is 4.54. The van der Waals surface area contributed by atoms with Gasteiger partial charge in [0.1, 0.15) is 0 Å². The topological polar surface area (TPSA) is 0 Å². The maximum Gasteiger partial charge on any atom is 0.0468 e. The Kier molecular flexibility index (Phi) is 5.04. The van der Waals surface area contributed by atoms with Crippen LogP contribution in [0, 0.1) is 20.8 Å². The fraction of sp³-hybridized carbons (Fsp3) is 0.368. The molecule has 2 aromatic carbocycles. The highest BCUT2D eigenvalue weighted by Gasteiger charge is 2.23. The summed E-state index contributed by atoms with van der Waals surface area (Å²) < 4.78 is 0. The summed E-state index contributed by atoms with van der Waals surface area (Å²) in [6.45, 7) is 8.88. The Labute approximate surface area is 131 Å². The smallest absolute Gasteiger partial charge is 0.0468 e. The lowest BCUT2D eigenvalue weighted by Crippen LogP contribution is -2.08. The van der Waals surface area contributed by atoms with Crippen LogP contribution < -0.4 is 0 Å². The molecule has 2 aromatic rings. The number of hydrogen-bond donors (Lipinski definition) is 0. The van der Waals surface area contributed by atoms with E-state index in [0.717, 1.165) is 6.42 Å². The van der Waals surface area contributed by atoms with E-state index in [4.69, 9.17) is 0 Å². The van der Waals surface area contributed by atoms with Crippen LogP contribution in [-0.2, 0) is 0 Å². The van der Waals surface area contributed by atoms with Gasteiger partial charge in [-0.05, 0) is 49.4 Å². The molecule has 20 heavy (non-hydrogen) atoms. The Hall–Kier alpha value is -1.08. The molecule has 0 saturated carbocycles. The van der Waals surface area contributed by atoms with Gasteiger partial charge in [0.2, 0.25) is 0 Å². The second-order valence-corrected chi connectivity index (χ2v) is 6.63. The van der Waals surface area contributed by atoms with Gasteiger partial charge in [-0.25, -0.2) is 0 Å². The maximum absolute atomic E-state index is 3.98. The van der Waals surface area contributed by atoms with Crippen molar-refractivity contribution in [1.82, 2.24) is 0 Å². The molecule has 106 valence electrons. The molecule has 0 aliphatic carbocycles. The first-order valence-electron chi connectivity index (χ1n) is 7.31. The van der Waals surface area contributed by atoms with E-state index in [1.165, 1.54) is 27.8 Å². The van der Waals surface area contributed by atoms with Gasteiger partial charge < -0.3 is 0 Å². The van der Waals surface area contributed by atoms with Gasteiger partial charge >= 0.3 is 0 Å². The van der Waals surface area contributed by atoms with Crippen LogP contribution in [0.3, 0.4) is 0 Å². The van der Waals surface area contributed by atoms with Gasteiger partial charge in [-0.15, -0.1) is 0 Å². The standard InChI is InChI=1S/C19H23Br/c1-5-17(16-9-7-6-8-10-16)19(20)18-14(3)11-13(2)12-15(18)4/h6-12,17,19H,5H2,1-4H3. The molecule has 0 N–H and O–H groups in total. The van der Waals surface area contributed by atoms with E-state index in [9.17, 15) is 0 Å². The zero-order valence-electron chi connectivity index (χ0n) is 12.8. The van der Waals surface area contributed by atoms with Gasteiger partial charge in [-0.3, -0.25) is 0 Å². The minimum absolute atomic E-state index is 0.371. The molecule has 0 aromatic heterocycles. The molecular formula is C19H23Br. The molecule has 1 heteroatoms. The summed E-state index contributed by atoms with van der Waals surface area (Å²) in [5, 5.41) is 0. The number of rotatable bonds is 4. The molecule has 2 rings (SSSR count). The van der Waals surface area contributed by atoms with Crippen molar-refractivity contribution in [2.45, 2.75) is 44.9 Å². The summed E-state index contributed by atoms with van der Waals surface area (Å²) in [4.78, 5) is 0.371. The first kappa shape index (κ1) is 15.3. The molecule has 0 heterocycles. The third kappa shape index (κ3) is 3.15. The fourth-order valence-electron chi connectivity index (χ4n) is 3.14. The summed E-state index contributed by atoms with van der Waals surface area (Å²) in [5.41, 5.74) is 6.98. The molecule has 0 amide bonds. The highest BCUT2D eigenvalue weighted by molar-refractivity contribution is 9.09. The zero-order valence-corrected chi connectivity index (χ0v) is 14.4. The largest absolute Gasteiger partial charge is 0.0832 e. The summed E-state index contributed by atoms with van der Waals surface area (Å²) in [6, 6.07) is 15.4. The van der Waals surface area contributed by atoms with Crippen LogP contribution in [-0.4, -0.2) is 0 Å². The summed E-state index contributed by atoms with van der Waals surface area (Å²) >= 11 is 3.98. The molecule has 0 nitrogen and oxygen atoms in total. The number of aryl methyl sites for hydroxylation is 3. The molecule has 0 bridgehead atoms. The molecule has 0 spiro atoms. The zero-order chi connectivity index (χ0) is 14.7. The van der Waals surface area contributed by atoms with Crippen LogP contribution in [0.5, 0.6) is 0 Å². The van der Waals surface area contributed by atoms with Crippen LogP contribution in [0.1, 0.15) is 51.9 Å². The SMILES string of the molecule is CCC(c1ccccc1)C(Br)c1c(C)cc(C)cc1C. The van der Waals surface area contributed by atoms with Gasteiger partial charge in [-0.1, -0.05) is 70.9 Å². The molecule has 0 aliphatic rings. The minimum Gasteiger partial charge on any atom is -0.0832 e. The van der Waals surface area contributed by atoms with Gasteiger partial charge in [0.15, 0.2) is 0 Å². The normalized spacial score (nSPS) is 14.1. The molecule has 2 atom stereocenters. The minimum atomic E-state index is 0.371. The van der Waals surface area contributed by atoms with Gasteiger partial charge in [0.05, 0.1) is 0 Å². The van der Waals surface area contributed by atoms with Crippen molar-refractivity contribution in [1.29, 1.82) is 0 Å². The van der Waals surface area contributed by atoms with Crippen molar-refractivity contribution < 1.29 is 0 Å². The molecular weight excluding hydrogens is 308 g/mol. The van der Waals surface area contributed by atoms with Crippen LogP contribution in [0.4, 0.5) is 0 Å². The lowest BCUT2D eigenvalue weighted by Gasteiger charge is -2.25. The van der Waals surface area contributed by atoms with Crippen LogP contribution in [0.15, 0.2) is 42.5 Å². The van der Waals surface area contributed by atoms with E-state index in [1.54, 1.807) is 0 Å². The first-order valence-corrected chi connectivity index (χ1v) is 8.23. The lowest BCUT2D eigenvalue weighted by molar-refractivity contribution is 0.650. The Morgan fingerprint density at radius 3 is 2.00 bits per heavy atom. The predicted octanol–water partition coefficient (Wildman–Crippen LogP) is 6.24. The van der Waals surface area contributed by atoms with Crippen LogP contribution in [0.2, 0.25) is 0 Å². The Bertz CT molecular complexity index is 549. The molecule has 0 radical (unpaired) electrons. The highest BCUT2D eigenvalue weighted by Crippen LogP contribution is 2.42. The quantitative estimate of drug-likeness (QED) is 0.582. The molecule has 0 aliphatic heterocycles. The summed E-state index contributed by atoms with van der Waals surface area (Å²) in [7, 11) is 0. The van der Waals surface area contributed by atoms with Crippen molar-refractivity contribution in [2.75, 3.05) is 0 Å². The average Bonchev–Trinajstić information content (AvgIpc) is 2.39. The summed E-state index contributed by atoms with van der Waals surface area (Å²) in [6.07, 6.45) is 1.13. The van der Waals surface area contributed by atoms with E-state index in [0.29, 0.717) is 10.7 Å². The monoisotopic (exact) mass is 330 g/mol. The lowest BCUT2D eigenvalue weighted by atomic mass is 9.86. The Morgan fingerprint density at radius 1 is 0.950 bits per heavy atom. The Morgan fingerprint density at radius 2 is 1.50 bits per heavy atom. The van der Waals surface area contributed by atoms with Crippen LogP contribution >= 0.6 is 15.9 Å². The second kappa shape index (κ2) is 6.58. The first-order chi connectivity index (χ1) is 9.54. The third-order valence-electron chi connectivity index (χ3n) is 4.03. The predicted molar refractivity (Wildman–Crippen MR) is 91.8 cm³/mol. The van der Waals surface area contributed by atoms with Crippen molar-refractivity contribution in [3.05, 3.63) is 70.3 Å². The van der Waals surface area contributed by atoms with E-state index in [1.807, 2.05) is 0 Å². The van der Waals surface area contributed by atoms with Gasteiger partial charge in [0.25, 0.3) is 0 Å². The van der Waals surface area contributed by atoms with Gasteiger partial charge in [0, 0.05) is 10.7 Å². The number of alkyl halides is 1. The summed E-state index contributed by atoms with van der Waals surface area (Å²) in [5.74, 6) is 0.510. The van der Waals surface area contributed by atoms with Gasteiger partial charge in [-0.2, -0.15) is 0 Å². The van der Waals surface area contributed by atoms with E-state index < -0.39 is 0 Å². The van der Waals surface area contributed by atoms with E-state index >= 15 is 0 Å². The Balaban J connectivity index is 2.42. The number of halogens is 1. The van der Waals surface area contributed by atoms with Crippen LogP contribution in [0.25, 0.3) is 0 Å². The number of benzene rings is 2. The van der Waals surface area contributed by atoms with Crippen molar-refractivity contribution in [3.8, 4) is 0 Å². The van der Waals surface area contributed by atoms with E-state index in [2.05, 4.69) is 86.1 Å². The maximum atomic E-state index is 3.98. The molecule has 2 unspecified atom stereocenters. The number of hydrogen-bond acceptors (Lipinski definition) is 0. The van der Waals surface area contributed by atoms with E-state index in [-0.39, 0.29) is 0 Å². The third-order valence-corrected chi connectivity index (χ3v) is 5.13. The van der Waals surface area contributed by atoms with Crippen molar-refractivity contribution in [2.24, 2.45) is 0 Å². The van der Waals surface area contributed by atoms with Crippen molar-refractivity contribution in [3.63, 3.8) is 0 Å². The molecule has 0 fully saturated rings.